The molecular formula is C20H21N3O3. The van der Waals surface area contributed by atoms with Crippen molar-refractivity contribution in [2.75, 3.05) is 11.6 Å². The lowest BCUT2D eigenvalue weighted by Crippen LogP contribution is -2.42. The lowest BCUT2D eigenvalue weighted by molar-refractivity contribution is 0.256. The maximum atomic E-state index is 9.83. The molecule has 1 aromatic heterocycles. The average Bonchev–Trinajstić information content (AvgIpc) is 3.00. The summed E-state index contributed by atoms with van der Waals surface area (Å²) < 4.78 is 11.5. The molecule has 0 spiro atoms. The highest BCUT2D eigenvalue weighted by Crippen LogP contribution is 2.47. The molecule has 0 fully saturated rings. The van der Waals surface area contributed by atoms with Gasteiger partial charge in [0.05, 0.1) is 17.9 Å². The predicted octanol–water partition coefficient (Wildman–Crippen LogP) is 3.26. The number of fused-ring (bicyclic) bond motifs is 1. The Balaban J connectivity index is 1.87. The van der Waals surface area contributed by atoms with Crippen molar-refractivity contribution < 1.29 is 14.4 Å². The molecule has 1 aliphatic rings. The lowest BCUT2D eigenvalue weighted by Gasteiger charge is -2.37. The zero-order chi connectivity index (χ0) is 18.3. The second kappa shape index (κ2) is 6.48. The monoisotopic (exact) mass is 351 g/mol. The number of hydrogen-bond acceptors (Lipinski definition) is 6. The Morgan fingerprint density at radius 3 is 2.62 bits per heavy atom. The zero-order valence-corrected chi connectivity index (χ0v) is 14.8. The minimum atomic E-state index is -0.131. The summed E-state index contributed by atoms with van der Waals surface area (Å²) in [6, 6.07) is 13.6. The van der Waals surface area contributed by atoms with E-state index in [9.17, 15) is 5.11 Å². The van der Waals surface area contributed by atoms with Gasteiger partial charge in [-0.3, -0.25) is 5.01 Å². The SMILES string of the molecule is Cc1noc(C)c1-c1ccc(CO)c2c1OCC(c1ccccc1)N2N. The Morgan fingerprint density at radius 1 is 1.19 bits per heavy atom. The zero-order valence-electron chi connectivity index (χ0n) is 14.8. The van der Waals surface area contributed by atoms with Crippen LogP contribution in [0.3, 0.4) is 0 Å². The van der Waals surface area contributed by atoms with Gasteiger partial charge in [0, 0.05) is 11.1 Å². The molecule has 26 heavy (non-hydrogen) atoms. The molecule has 0 aliphatic carbocycles. The molecule has 1 atom stereocenters. The number of aromatic nitrogens is 1. The number of hydrogen-bond donors (Lipinski definition) is 2. The van der Waals surface area contributed by atoms with Crippen LogP contribution in [-0.2, 0) is 6.61 Å². The first-order valence-electron chi connectivity index (χ1n) is 8.53. The highest BCUT2D eigenvalue weighted by molar-refractivity contribution is 5.83. The number of benzene rings is 2. The van der Waals surface area contributed by atoms with Crippen LogP contribution in [0.5, 0.6) is 5.75 Å². The summed E-state index contributed by atoms with van der Waals surface area (Å²) in [4.78, 5) is 0. The number of hydrazine groups is 1. The number of anilines is 1. The third kappa shape index (κ3) is 2.55. The second-order valence-corrected chi connectivity index (χ2v) is 6.45. The Kier molecular flexibility index (Phi) is 4.14. The summed E-state index contributed by atoms with van der Waals surface area (Å²) >= 11 is 0. The molecule has 0 saturated heterocycles. The number of aliphatic hydroxyl groups is 1. The van der Waals surface area contributed by atoms with Gasteiger partial charge in [0.25, 0.3) is 0 Å². The summed E-state index contributed by atoms with van der Waals surface area (Å²) in [6.45, 7) is 4.06. The third-order valence-corrected chi connectivity index (χ3v) is 4.85. The fraction of sp³-hybridized carbons (Fsp3) is 0.250. The lowest BCUT2D eigenvalue weighted by atomic mass is 9.96. The van der Waals surface area contributed by atoms with Gasteiger partial charge >= 0.3 is 0 Å². The number of aliphatic hydroxyl groups excluding tert-OH is 1. The standard InChI is InChI=1S/C20H21N3O3/c1-12-18(13(2)26-22-12)16-9-8-15(10-24)19-20(16)25-11-17(23(19)21)14-6-4-3-5-7-14/h3-9,17,24H,10-11,21H2,1-2H3. The normalized spacial score (nSPS) is 16.3. The molecule has 1 aliphatic heterocycles. The van der Waals surface area contributed by atoms with Gasteiger partial charge in [-0.25, -0.2) is 5.84 Å². The van der Waals surface area contributed by atoms with Crippen molar-refractivity contribution in [3.63, 3.8) is 0 Å². The van der Waals surface area contributed by atoms with Crippen LogP contribution in [0, 0.1) is 13.8 Å². The van der Waals surface area contributed by atoms with Gasteiger partial charge in [0.2, 0.25) is 0 Å². The van der Waals surface area contributed by atoms with E-state index in [0.717, 1.165) is 33.7 Å². The molecule has 2 aromatic carbocycles. The van der Waals surface area contributed by atoms with Crippen LogP contribution in [0.4, 0.5) is 5.69 Å². The maximum absolute atomic E-state index is 9.83. The number of nitrogens with zero attached hydrogens (tertiary/aromatic N) is 2. The number of rotatable bonds is 3. The molecular weight excluding hydrogens is 330 g/mol. The quantitative estimate of drug-likeness (QED) is 0.705. The van der Waals surface area contributed by atoms with E-state index >= 15 is 0 Å². The fourth-order valence-corrected chi connectivity index (χ4v) is 3.56. The van der Waals surface area contributed by atoms with Crippen LogP contribution in [-0.4, -0.2) is 16.9 Å². The summed E-state index contributed by atoms with van der Waals surface area (Å²) in [5.74, 6) is 7.88. The minimum Gasteiger partial charge on any atom is -0.488 e. The highest BCUT2D eigenvalue weighted by Gasteiger charge is 2.32. The second-order valence-electron chi connectivity index (χ2n) is 6.45. The van der Waals surface area contributed by atoms with Crippen molar-refractivity contribution in [2.45, 2.75) is 26.5 Å². The van der Waals surface area contributed by atoms with Gasteiger partial charge in [-0.05, 0) is 25.5 Å². The Morgan fingerprint density at radius 2 is 1.96 bits per heavy atom. The molecule has 0 bridgehead atoms. The van der Waals surface area contributed by atoms with Crippen molar-refractivity contribution in [3.8, 4) is 16.9 Å². The number of ether oxygens (including phenoxy) is 1. The van der Waals surface area contributed by atoms with Crippen molar-refractivity contribution in [1.82, 2.24) is 5.16 Å². The highest BCUT2D eigenvalue weighted by atomic mass is 16.5. The van der Waals surface area contributed by atoms with Crippen molar-refractivity contribution in [2.24, 2.45) is 5.84 Å². The fourth-order valence-electron chi connectivity index (χ4n) is 3.56. The van der Waals surface area contributed by atoms with Gasteiger partial charge in [-0.2, -0.15) is 0 Å². The molecule has 0 radical (unpaired) electrons. The molecule has 6 heteroatoms. The van der Waals surface area contributed by atoms with E-state index in [1.54, 1.807) is 5.01 Å². The number of nitrogens with two attached hydrogens (primary N) is 1. The van der Waals surface area contributed by atoms with Crippen LogP contribution in [0.1, 0.15) is 28.6 Å². The predicted molar refractivity (Wildman–Crippen MR) is 98.7 cm³/mol. The molecule has 3 aromatic rings. The molecule has 6 nitrogen and oxygen atoms in total. The van der Waals surface area contributed by atoms with Crippen LogP contribution < -0.4 is 15.6 Å². The van der Waals surface area contributed by atoms with Gasteiger partial charge in [0.15, 0.2) is 5.75 Å². The Bertz CT molecular complexity index is 917. The van der Waals surface area contributed by atoms with E-state index in [1.165, 1.54) is 0 Å². The Labute approximate surface area is 151 Å². The molecule has 4 rings (SSSR count). The Hall–Kier alpha value is -2.83. The summed E-state index contributed by atoms with van der Waals surface area (Å²) in [7, 11) is 0. The van der Waals surface area contributed by atoms with E-state index in [2.05, 4.69) is 5.16 Å². The van der Waals surface area contributed by atoms with Gasteiger partial charge in [-0.1, -0.05) is 41.6 Å². The van der Waals surface area contributed by atoms with E-state index in [-0.39, 0.29) is 12.6 Å². The largest absolute Gasteiger partial charge is 0.488 e. The van der Waals surface area contributed by atoms with E-state index in [0.29, 0.717) is 18.0 Å². The third-order valence-electron chi connectivity index (χ3n) is 4.85. The topological polar surface area (TPSA) is 84.8 Å². The summed E-state index contributed by atoms with van der Waals surface area (Å²) in [5.41, 5.74) is 5.04. The smallest absolute Gasteiger partial charge is 0.152 e. The van der Waals surface area contributed by atoms with Gasteiger partial charge in [0.1, 0.15) is 24.1 Å². The summed E-state index contributed by atoms with van der Waals surface area (Å²) in [5, 5.41) is 15.6. The first-order valence-corrected chi connectivity index (χ1v) is 8.53. The maximum Gasteiger partial charge on any atom is 0.152 e. The van der Waals surface area contributed by atoms with Crippen molar-refractivity contribution >= 4 is 5.69 Å². The molecule has 2 heterocycles. The number of aryl methyl sites for hydroxylation is 2. The van der Waals surface area contributed by atoms with Crippen LogP contribution in [0.2, 0.25) is 0 Å². The molecule has 0 amide bonds. The molecule has 3 N–H and O–H groups in total. The first kappa shape index (κ1) is 16.6. The van der Waals surface area contributed by atoms with Crippen LogP contribution in [0.15, 0.2) is 47.0 Å². The van der Waals surface area contributed by atoms with E-state index < -0.39 is 0 Å². The molecule has 1 unspecified atom stereocenters. The van der Waals surface area contributed by atoms with Gasteiger partial charge in [-0.15, -0.1) is 0 Å². The van der Waals surface area contributed by atoms with Crippen LogP contribution in [0.25, 0.3) is 11.1 Å². The average molecular weight is 351 g/mol. The van der Waals surface area contributed by atoms with Crippen molar-refractivity contribution in [3.05, 3.63) is 65.0 Å². The van der Waals surface area contributed by atoms with Crippen LogP contribution >= 0.6 is 0 Å². The van der Waals surface area contributed by atoms with E-state index in [4.69, 9.17) is 15.1 Å². The summed E-state index contributed by atoms with van der Waals surface area (Å²) in [6.07, 6.45) is 0. The molecule has 0 saturated carbocycles. The van der Waals surface area contributed by atoms with Gasteiger partial charge < -0.3 is 14.4 Å². The first-order chi connectivity index (χ1) is 12.6. The van der Waals surface area contributed by atoms with E-state index in [1.807, 2.05) is 56.3 Å². The molecule has 134 valence electrons. The van der Waals surface area contributed by atoms with Crippen molar-refractivity contribution in [1.29, 1.82) is 0 Å². The minimum absolute atomic E-state index is 0.122.